The number of urea groups is 1. The summed E-state index contributed by atoms with van der Waals surface area (Å²) in [6.45, 7) is 6.68. The van der Waals surface area contributed by atoms with Gasteiger partial charge in [0.15, 0.2) is 0 Å². The van der Waals surface area contributed by atoms with E-state index in [1.54, 1.807) is 11.3 Å². The summed E-state index contributed by atoms with van der Waals surface area (Å²) in [5, 5.41) is 9.93. The van der Waals surface area contributed by atoms with Gasteiger partial charge in [0, 0.05) is 44.1 Å². The van der Waals surface area contributed by atoms with Gasteiger partial charge in [0.1, 0.15) is 0 Å². The molecule has 0 aromatic carbocycles. The minimum absolute atomic E-state index is 0.0438. The fraction of sp³-hybridized carbons (Fsp3) is 0.611. The molecule has 0 saturated carbocycles. The first-order valence-electron chi connectivity index (χ1n) is 9.38. The van der Waals surface area contributed by atoms with Gasteiger partial charge in [-0.15, -0.1) is 11.3 Å². The monoisotopic (exact) mass is 395 g/mol. The predicted molar refractivity (Wildman–Crippen MR) is 106 cm³/mol. The topological polar surface area (TPSA) is 93.8 Å². The molecule has 9 heteroatoms. The van der Waals surface area contributed by atoms with E-state index in [-0.39, 0.29) is 18.4 Å². The highest BCUT2D eigenvalue weighted by Gasteiger charge is 2.21. The van der Waals surface area contributed by atoms with E-state index in [4.69, 9.17) is 0 Å². The average Bonchev–Trinajstić information content (AvgIpc) is 3.15. The Bertz CT molecular complexity index is 600. The van der Waals surface area contributed by atoms with E-state index in [0.717, 1.165) is 25.9 Å². The highest BCUT2D eigenvalue weighted by molar-refractivity contribution is 7.09. The molecule has 8 nitrogen and oxygen atoms in total. The van der Waals surface area contributed by atoms with Crippen molar-refractivity contribution in [2.45, 2.75) is 19.8 Å². The van der Waals surface area contributed by atoms with Crippen LogP contribution in [0, 0.1) is 0 Å². The van der Waals surface area contributed by atoms with Crippen molar-refractivity contribution in [3.63, 3.8) is 0 Å². The number of thiophene rings is 1. The van der Waals surface area contributed by atoms with E-state index in [9.17, 15) is 14.4 Å². The quantitative estimate of drug-likeness (QED) is 0.558. The summed E-state index contributed by atoms with van der Waals surface area (Å²) in [6, 6.07) is 3.53. The van der Waals surface area contributed by atoms with Crippen molar-refractivity contribution in [1.29, 1.82) is 0 Å². The summed E-state index contributed by atoms with van der Waals surface area (Å²) < 4.78 is 0. The minimum Gasteiger partial charge on any atom is -0.355 e. The van der Waals surface area contributed by atoms with Crippen molar-refractivity contribution < 1.29 is 14.4 Å². The van der Waals surface area contributed by atoms with Crippen LogP contribution in [0.2, 0.25) is 0 Å². The van der Waals surface area contributed by atoms with Crippen LogP contribution >= 0.6 is 11.3 Å². The number of imide groups is 1. The van der Waals surface area contributed by atoms with E-state index >= 15 is 0 Å². The van der Waals surface area contributed by atoms with E-state index in [0.29, 0.717) is 32.7 Å². The standard InChI is InChI=1S/C18H29N5O3S/c1-2-6-19-16(24)13-22-8-10-23(11-9-22)14-17(25)21-18(26)20-7-5-15-4-3-12-27-15/h3-4,12H,2,5-11,13-14H2,1H3,(H,19,24)(H2,20,21,25,26). The SMILES string of the molecule is CCCNC(=O)CN1CCN(CC(=O)NC(=O)NCCc2cccs2)CC1. The van der Waals surface area contributed by atoms with Crippen LogP contribution < -0.4 is 16.0 Å². The first kappa shape index (κ1) is 21.3. The zero-order chi connectivity index (χ0) is 19.5. The van der Waals surface area contributed by atoms with Crippen molar-refractivity contribution in [1.82, 2.24) is 25.8 Å². The Balaban J connectivity index is 1.57. The van der Waals surface area contributed by atoms with Gasteiger partial charge in [-0.3, -0.25) is 24.7 Å². The number of hydrogen-bond acceptors (Lipinski definition) is 6. The number of amides is 4. The summed E-state index contributed by atoms with van der Waals surface area (Å²) in [4.78, 5) is 40.8. The van der Waals surface area contributed by atoms with Crippen LogP contribution in [0.4, 0.5) is 4.79 Å². The van der Waals surface area contributed by atoms with E-state index in [1.807, 2.05) is 29.3 Å². The van der Waals surface area contributed by atoms with Gasteiger partial charge in [-0.1, -0.05) is 13.0 Å². The molecule has 0 aliphatic carbocycles. The van der Waals surface area contributed by atoms with Gasteiger partial charge in [-0.05, 0) is 24.3 Å². The third-order valence-corrected chi connectivity index (χ3v) is 5.20. The number of hydrogen-bond donors (Lipinski definition) is 3. The largest absolute Gasteiger partial charge is 0.355 e. The second-order valence-corrected chi connectivity index (χ2v) is 7.57. The van der Waals surface area contributed by atoms with Crippen molar-refractivity contribution in [3.8, 4) is 0 Å². The predicted octanol–water partition coefficient (Wildman–Crippen LogP) is 0.260. The molecule has 1 fully saturated rings. The van der Waals surface area contributed by atoms with Crippen LogP contribution in [0.25, 0.3) is 0 Å². The Morgan fingerprint density at radius 1 is 1.00 bits per heavy atom. The molecule has 0 atom stereocenters. The first-order chi connectivity index (χ1) is 13.1. The third kappa shape index (κ3) is 8.51. The molecule has 0 spiro atoms. The van der Waals surface area contributed by atoms with Crippen LogP contribution in [-0.2, 0) is 16.0 Å². The second kappa shape index (κ2) is 11.7. The Kier molecular flexibility index (Phi) is 9.23. The van der Waals surface area contributed by atoms with Crippen LogP contribution in [0.5, 0.6) is 0 Å². The van der Waals surface area contributed by atoms with Crippen LogP contribution in [0.15, 0.2) is 17.5 Å². The molecular formula is C18H29N5O3S. The van der Waals surface area contributed by atoms with Crippen molar-refractivity contribution in [2.24, 2.45) is 0 Å². The Labute approximate surface area is 164 Å². The molecule has 2 rings (SSSR count). The third-order valence-electron chi connectivity index (χ3n) is 4.26. The number of rotatable bonds is 9. The summed E-state index contributed by atoms with van der Waals surface area (Å²) in [5.74, 6) is -0.264. The van der Waals surface area contributed by atoms with Gasteiger partial charge in [0.25, 0.3) is 0 Å². The molecule has 1 aliphatic rings. The lowest BCUT2D eigenvalue weighted by Crippen LogP contribution is -2.52. The van der Waals surface area contributed by atoms with Crippen LogP contribution in [0.1, 0.15) is 18.2 Å². The Morgan fingerprint density at radius 2 is 1.67 bits per heavy atom. The molecular weight excluding hydrogens is 366 g/mol. The molecule has 150 valence electrons. The molecule has 0 unspecified atom stereocenters. The summed E-state index contributed by atoms with van der Waals surface area (Å²) in [7, 11) is 0. The Morgan fingerprint density at radius 3 is 2.26 bits per heavy atom. The van der Waals surface area contributed by atoms with E-state index in [1.165, 1.54) is 4.88 Å². The number of piperazine rings is 1. The lowest BCUT2D eigenvalue weighted by atomic mass is 10.3. The normalized spacial score (nSPS) is 15.3. The van der Waals surface area contributed by atoms with Gasteiger partial charge in [-0.2, -0.15) is 0 Å². The zero-order valence-electron chi connectivity index (χ0n) is 15.8. The molecule has 0 radical (unpaired) electrons. The lowest BCUT2D eigenvalue weighted by molar-refractivity contribution is -0.124. The van der Waals surface area contributed by atoms with Gasteiger partial charge < -0.3 is 10.6 Å². The van der Waals surface area contributed by atoms with E-state index < -0.39 is 6.03 Å². The highest BCUT2D eigenvalue weighted by Crippen LogP contribution is 2.08. The maximum absolute atomic E-state index is 12.0. The fourth-order valence-corrected chi connectivity index (χ4v) is 3.51. The summed E-state index contributed by atoms with van der Waals surface area (Å²) in [6.07, 6.45) is 1.68. The number of carbonyl (C=O) groups excluding carboxylic acids is 3. The molecule has 27 heavy (non-hydrogen) atoms. The number of carbonyl (C=O) groups is 3. The maximum atomic E-state index is 12.0. The molecule has 1 aliphatic heterocycles. The number of nitrogens with one attached hydrogen (secondary N) is 3. The summed E-state index contributed by atoms with van der Waals surface area (Å²) >= 11 is 1.64. The summed E-state index contributed by atoms with van der Waals surface area (Å²) in [5.41, 5.74) is 0. The highest BCUT2D eigenvalue weighted by atomic mass is 32.1. The first-order valence-corrected chi connectivity index (χ1v) is 10.3. The lowest BCUT2D eigenvalue weighted by Gasteiger charge is -2.33. The smallest absolute Gasteiger partial charge is 0.321 e. The second-order valence-electron chi connectivity index (χ2n) is 6.54. The van der Waals surface area contributed by atoms with Crippen molar-refractivity contribution in [2.75, 3.05) is 52.4 Å². The van der Waals surface area contributed by atoms with E-state index in [2.05, 4.69) is 20.9 Å². The molecule has 1 aromatic heterocycles. The maximum Gasteiger partial charge on any atom is 0.321 e. The van der Waals surface area contributed by atoms with Gasteiger partial charge >= 0.3 is 6.03 Å². The molecule has 3 N–H and O–H groups in total. The van der Waals surface area contributed by atoms with Gasteiger partial charge in [-0.25, -0.2) is 4.79 Å². The van der Waals surface area contributed by atoms with Gasteiger partial charge in [0.05, 0.1) is 13.1 Å². The molecule has 1 saturated heterocycles. The van der Waals surface area contributed by atoms with Crippen LogP contribution in [-0.4, -0.2) is 80.0 Å². The minimum atomic E-state index is -0.456. The van der Waals surface area contributed by atoms with Crippen molar-refractivity contribution in [3.05, 3.63) is 22.4 Å². The molecule has 4 amide bonds. The van der Waals surface area contributed by atoms with Crippen LogP contribution in [0.3, 0.4) is 0 Å². The molecule has 2 heterocycles. The van der Waals surface area contributed by atoms with Crippen molar-refractivity contribution >= 4 is 29.2 Å². The number of nitrogens with zero attached hydrogens (tertiary/aromatic N) is 2. The fourth-order valence-electron chi connectivity index (χ4n) is 2.80. The zero-order valence-corrected chi connectivity index (χ0v) is 16.6. The van der Waals surface area contributed by atoms with Gasteiger partial charge in [0.2, 0.25) is 11.8 Å². The average molecular weight is 396 g/mol. The molecule has 1 aromatic rings. The molecule has 0 bridgehead atoms. The Hall–Kier alpha value is -1.97.